The molecule has 0 aliphatic carbocycles. The molecule has 3 aromatic carbocycles. The van der Waals surface area contributed by atoms with Crippen LogP contribution in [0.1, 0.15) is 17.3 Å². The molecule has 0 aliphatic rings. The van der Waals surface area contributed by atoms with E-state index in [9.17, 15) is 4.79 Å². The van der Waals surface area contributed by atoms with E-state index in [0.717, 1.165) is 5.56 Å². The largest absolute Gasteiger partial charge is 0.492 e. The number of hydrogen-bond donors (Lipinski definition) is 1. The first kappa shape index (κ1) is 20.1. The highest BCUT2D eigenvalue weighted by Crippen LogP contribution is 2.25. The molecule has 0 saturated heterocycles. The van der Waals surface area contributed by atoms with Crippen molar-refractivity contribution in [2.45, 2.75) is 6.92 Å². The van der Waals surface area contributed by atoms with Crippen LogP contribution < -0.4 is 14.8 Å². The molecule has 0 aliphatic heterocycles. The Morgan fingerprint density at radius 2 is 1.65 bits per heavy atom. The zero-order valence-electron chi connectivity index (χ0n) is 17.0. The molecule has 0 fully saturated rings. The third kappa shape index (κ3) is 5.05. The number of amides is 1. The summed E-state index contributed by atoms with van der Waals surface area (Å²) in [7, 11) is 0. The highest BCUT2D eigenvalue weighted by Gasteiger charge is 2.11. The van der Waals surface area contributed by atoms with Crippen LogP contribution in [-0.4, -0.2) is 22.5 Å². The minimum absolute atomic E-state index is 0.221. The number of nitrogens with one attached hydrogen (secondary N) is 1. The van der Waals surface area contributed by atoms with Gasteiger partial charge in [0.25, 0.3) is 5.91 Å². The van der Waals surface area contributed by atoms with E-state index in [2.05, 4.69) is 15.3 Å². The molecule has 1 heterocycles. The zero-order chi connectivity index (χ0) is 21.5. The number of benzene rings is 3. The molecule has 0 saturated carbocycles. The molecule has 0 unspecified atom stereocenters. The van der Waals surface area contributed by atoms with Crippen LogP contribution in [0.5, 0.6) is 17.4 Å². The number of nitrogens with zero attached hydrogens (tertiary/aromatic N) is 2. The van der Waals surface area contributed by atoms with E-state index in [1.54, 1.807) is 24.4 Å². The fourth-order valence-corrected chi connectivity index (χ4v) is 2.96. The number of carbonyl (C=O) groups excluding carboxylic acids is 1. The Hall–Kier alpha value is -4.19. The number of aromatic nitrogens is 2. The molecule has 1 amide bonds. The van der Waals surface area contributed by atoms with Gasteiger partial charge in [0.15, 0.2) is 5.82 Å². The second kappa shape index (κ2) is 9.54. The van der Waals surface area contributed by atoms with Gasteiger partial charge in [-0.3, -0.25) is 4.79 Å². The highest BCUT2D eigenvalue weighted by molar-refractivity contribution is 6.05. The summed E-state index contributed by atoms with van der Waals surface area (Å²) in [5, 5.41) is 2.89. The summed E-state index contributed by atoms with van der Waals surface area (Å²) in [4.78, 5) is 21.4. The summed E-state index contributed by atoms with van der Waals surface area (Å²) in [5.41, 5.74) is 1.93. The van der Waals surface area contributed by atoms with Crippen LogP contribution >= 0.6 is 0 Å². The number of carbonyl (C=O) groups is 1. The maximum atomic E-state index is 12.7. The minimum Gasteiger partial charge on any atom is -0.492 e. The van der Waals surface area contributed by atoms with Crippen LogP contribution in [0.25, 0.3) is 11.4 Å². The van der Waals surface area contributed by atoms with E-state index < -0.39 is 0 Å². The predicted molar refractivity (Wildman–Crippen MR) is 120 cm³/mol. The predicted octanol–water partition coefficient (Wildman–Crippen LogP) is 5.59. The molecule has 4 aromatic rings. The molecule has 154 valence electrons. The molecule has 0 atom stereocenters. The van der Waals surface area contributed by atoms with Gasteiger partial charge >= 0.3 is 0 Å². The van der Waals surface area contributed by atoms with Crippen LogP contribution in [-0.2, 0) is 0 Å². The van der Waals surface area contributed by atoms with Gasteiger partial charge in [0, 0.05) is 23.4 Å². The lowest BCUT2D eigenvalue weighted by Crippen LogP contribution is -2.12. The SMILES string of the molecule is CCOc1ccccc1NC(=O)c1ccc(-c2nccc(Oc3ccccc3)n2)cc1. The number of ether oxygens (including phenoxy) is 2. The smallest absolute Gasteiger partial charge is 0.255 e. The first-order valence-corrected chi connectivity index (χ1v) is 9.92. The van der Waals surface area contributed by atoms with Gasteiger partial charge in [-0.15, -0.1) is 0 Å². The maximum absolute atomic E-state index is 12.7. The Labute approximate surface area is 180 Å². The molecule has 1 aromatic heterocycles. The Bertz CT molecular complexity index is 1160. The minimum atomic E-state index is -0.221. The van der Waals surface area contributed by atoms with Crippen molar-refractivity contribution in [1.29, 1.82) is 0 Å². The first-order valence-electron chi connectivity index (χ1n) is 9.92. The van der Waals surface area contributed by atoms with Crippen LogP contribution in [0.3, 0.4) is 0 Å². The van der Waals surface area contributed by atoms with Crippen molar-refractivity contribution in [3.05, 3.63) is 96.7 Å². The Kier molecular flexibility index (Phi) is 6.18. The molecule has 31 heavy (non-hydrogen) atoms. The van der Waals surface area contributed by atoms with Crippen molar-refractivity contribution in [3.63, 3.8) is 0 Å². The van der Waals surface area contributed by atoms with Crippen molar-refractivity contribution in [3.8, 4) is 28.8 Å². The normalized spacial score (nSPS) is 10.4. The Morgan fingerprint density at radius 1 is 0.903 bits per heavy atom. The second-order valence-electron chi connectivity index (χ2n) is 6.59. The summed E-state index contributed by atoms with van der Waals surface area (Å²) >= 11 is 0. The summed E-state index contributed by atoms with van der Waals surface area (Å²) in [6.45, 7) is 2.42. The fourth-order valence-electron chi connectivity index (χ4n) is 2.96. The lowest BCUT2D eigenvalue weighted by Gasteiger charge is -2.11. The summed E-state index contributed by atoms with van der Waals surface area (Å²) in [6, 6.07) is 25.6. The average Bonchev–Trinajstić information content (AvgIpc) is 2.81. The summed E-state index contributed by atoms with van der Waals surface area (Å²) < 4.78 is 11.3. The maximum Gasteiger partial charge on any atom is 0.255 e. The van der Waals surface area contributed by atoms with Crippen LogP contribution in [0.15, 0.2) is 91.1 Å². The van der Waals surface area contributed by atoms with Crippen molar-refractivity contribution in [2.24, 2.45) is 0 Å². The van der Waals surface area contributed by atoms with Crippen molar-refractivity contribution in [2.75, 3.05) is 11.9 Å². The summed E-state index contributed by atoms with van der Waals surface area (Å²) in [6.07, 6.45) is 1.64. The van der Waals surface area contributed by atoms with Gasteiger partial charge in [-0.1, -0.05) is 42.5 Å². The Morgan fingerprint density at radius 3 is 2.42 bits per heavy atom. The molecule has 0 bridgehead atoms. The van der Waals surface area contributed by atoms with Crippen molar-refractivity contribution in [1.82, 2.24) is 9.97 Å². The highest BCUT2D eigenvalue weighted by atomic mass is 16.5. The van der Waals surface area contributed by atoms with Crippen molar-refractivity contribution >= 4 is 11.6 Å². The monoisotopic (exact) mass is 411 g/mol. The first-order chi connectivity index (χ1) is 15.2. The molecule has 1 N–H and O–H groups in total. The van der Waals surface area contributed by atoms with E-state index in [1.807, 2.05) is 73.7 Å². The van der Waals surface area contributed by atoms with E-state index in [4.69, 9.17) is 9.47 Å². The van der Waals surface area contributed by atoms with Crippen LogP contribution in [0.2, 0.25) is 0 Å². The van der Waals surface area contributed by atoms with E-state index in [1.165, 1.54) is 0 Å². The number of rotatable bonds is 7. The van der Waals surface area contributed by atoms with E-state index in [-0.39, 0.29) is 5.91 Å². The van der Waals surface area contributed by atoms with E-state index >= 15 is 0 Å². The van der Waals surface area contributed by atoms with Crippen LogP contribution in [0, 0.1) is 0 Å². The average molecular weight is 411 g/mol. The van der Waals surface area contributed by atoms with Gasteiger partial charge in [0.1, 0.15) is 11.5 Å². The third-order valence-electron chi connectivity index (χ3n) is 4.44. The standard InChI is InChI=1S/C25H21N3O3/c1-2-30-22-11-7-6-10-21(22)27-25(29)19-14-12-18(13-15-19)24-26-17-16-23(28-24)31-20-8-4-3-5-9-20/h3-17H,2H2,1H3,(H,27,29). The second-order valence-corrected chi connectivity index (χ2v) is 6.59. The molecule has 0 radical (unpaired) electrons. The quantitative estimate of drug-likeness (QED) is 0.429. The Balaban J connectivity index is 1.48. The van der Waals surface area contributed by atoms with Gasteiger partial charge in [-0.2, -0.15) is 4.98 Å². The van der Waals surface area contributed by atoms with Gasteiger partial charge in [0.05, 0.1) is 12.3 Å². The van der Waals surface area contributed by atoms with Crippen molar-refractivity contribution < 1.29 is 14.3 Å². The zero-order valence-corrected chi connectivity index (χ0v) is 17.0. The number of hydrogen-bond acceptors (Lipinski definition) is 5. The van der Waals surface area contributed by atoms with Gasteiger partial charge in [0.2, 0.25) is 5.88 Å². The van der Waals surface area contributed by atoms with Gasteiger partial charge in [-0.25, -0.2) is 4.98 Å². The molecule has 4 rings (SSSR count). The molecule has 6 nitrogen and oxygen atoms in total. The molecule has 0 spiro atoms. The molecule has 6 heteroatoms. The van der Waals surface area contributed by atoms with Crippen LogP contribution in [0.4, 0.5) is 5.69 Å². The fraction of sp³-hybridized carbons (Fsp3) is 0.0800. The van der Waals surface area contributed by atoms with Gasteiger partial charge < -0.3 is 14.8 Å². The number of anilines is 1. The molecular formula is C25H21N3O3. The topological polar surface area (TPSA) is 73.3 Å². The molecular weight excluding hydrogens is 390 g/mol. The van der Waals surface area contributed by atoms with E-state index in [0.29, 0.717) is 41.1 Å². The lowest BCUT2D eigenvalue weighted by atomic mass is 10.1. The third-order valence-corrected chi connectivity index (χ3v) is 4.44. The number of para-hydroxylation sites is 3. The summed E-state index contributed by atoms with van der Waals surface area (Å²) in [5.74, 6) is 2.08. The van der Waals surface area contributed by atoms with Gasteiger partial charge in [-0.05, 0) is 43.3 Å². The lowest BCUT2D eigenvalue weighted by molar-refractivity contribution is 0.102.